The second-order valence-corrected chi connectivity index (χ2v) is 6.56. The molecule has 0 heterocycles. The van der Waals surface area contributed by atoms with Gasteiger partial charge in [0, 0.05) is 12.6 Å². The molecule has 4 heteroatoms. The Bertz CT molecular complexity index is 419. The number of ether oxygens (including phenoxy) is 1. The van der Waals surface area contributed by atoms with Crippen LogP contribution >= 0.6 is 23.2 Å². The van der Waals surface area contributed by atoms with E-state index in [1.54, 1.807) is 0 Å². The van der Waals surface area contributed by atoms with Gasteiger partial charge in [0.1, 0.15) is 0 Å². The Morgan fingerprint density at radius 1 is 1.05 bits per heavy atom. The SMILES string of the molecule is CCOc1c(Cl)cc(CNC2CCCCCCC2)cc1Cl. The minimum atomic E-state index is 0.569. The van der Waals surface area contributed by atoms with E-state index in [0.717, 1.165) is 12.1 Å². The first kappa shape index (κ1) is 16.9. The quantitative estimate of drug-likeness (QED) is 0.759. The van der Waals surface area contributed by atoms with Gasteiger partial charge in [0.15, 0.2) is 5.75 Å². The number of rotatable bonds is 5. The summed E-state index contributed by atoms with van der Waals surface area (Å²) in [6.07, 6.45) is 9.37. The standard InChI is InChI=1S/C17H25Cl2NO/c1-2-21-17-15(18)10-13(11-16(17)19)12-20-14-8-6-4-3-5-7-9-14/h10-11,14,20H,2-9,12H2,1H3. The Kier molecular flexibility index (Phi) is 7.15. The zero-order valence-corrected chi connectivity index (χ0v) is 14.3. The summed E-state index contributed by atoms with van der Waals surface area (Å²) < 4.78 is 5.46. The van der Waals surface area contributed by atoms with Crippen molar-refractivity contribution in [2.24, 2.45) is 0 Å². The fourth-order valence-corrected chi connectivity index (χ4v) is 3.56. The van der Waals surface area contributed by atoms with Crippen molar-refractivity contribution in [1.29, 1.82) is 0 Å². The maximum Gasteiger partial charge on any atom is 0.156 e. The summed E-state index contributed by atoms with van der Waals surface area (Å²) in [5.41, 5.74) is 1.12. The molecule has 1 aliphatic rings. The average molecular weight is 330 g/mol. The van der Waals surface area contributed by atoms with E-state index in [4.69, 9.17) is 27.9 Å². The van der Waals surface area contributed by atoms with Crippen LogP contribution in [0, 0.1) is 0 Å². The van der Waals surface area contributed by atoms with Crippen molar-refractivity contribution < 1.29 is 4.74 Å². The van der Waals surface area contributed by atoms with Crippen LogP contribution in [0.15, 0.2) is 12.1 Å². The van der Waals surface area contributed by atoms with Crippen molar-refractivity contribution in [3.63, 3.8) is 0 Å². The van der Waals surface area contributed by atoms with Gasteiger partial charge < -0.3 is 10.1 Å². The predicted molar refractivity (Wildman–Crippen MR) is 90.6 cm³/mol. The third-order valence-electron chi connectivity index (χ3n) is 4.05. The van der Waals surface area contributed by atoms with Gasteiger partial charge in [-0.1, -0.05) is 55.3 Å². The highest BCUT2D eigenvalue weighted by Gasteiger charge is 2.13. The molecule has 0 radical (unpaired) electrons. The van der Waals surface area contributed by atoms with Crippen LogP contribution in [0.4, 0.5) is 0 Å². The normalized spacial score (nSPS) is 17.3. The van der Waals surface area contributed by atoms with Gasteiger partial charge in [-0.25, -0.2) is 0 Å². The Morgan fingerprint density at radius 2 is 1.62 bits per heavy atom. The van der Waals surface area contributed by atoms with E-state index in [2.05, 4.69) is 5.32 Å². The minimum absolute atomic E-state index is 0.569. The molecule has 2 nitrogen and oxygen atoms in total. The first-order chi connectivity index (χ1) is 10.2. The maximum absolute atomic E-state index is 6.25. The molecule has 0 aromatic heterocycles. The summed E-state index contributed by atoms with van der Waals surface area (Å²) in [7, 11) is 0. The molecular weight excluding hydrogens is 305 g/mol. The molecule has 1 saturated carbocycles. The number of hydrogen-bond donors (Lipinski definition) is 1. The summed E-state index contributed by atoms with van der Waals surface area (Å²) in [6, 6.07) is 4.53. The molecular formula is C17H25Cl2NO. The molecule has 1 aliphatic carbocycles. The van der Waals surface area contributed by atoms with Gasteiger partial charge in [0.25, 0.3) is 0 Å². The van der Waals surface area contributed by atoms with Crippen LogP contribution in [0.2, 0.25) is 10.0 Å². The third kappa shape index (κ3) is 5.36. The van der Waals surface area contributed by atoms with Crippen LogP contribution in [-0.2, 0) is 6.54 Å². The lowest BCUT2D eigenvalue weighted by Gasteiger charge is -2.21. The van der Waals surface area contributed by atoms with Gasteiger partial charge in [0.2, 0.25) is 0 Å². The molecule has 1 aromatic carbocycles. The minimum Gasteiger partial charge on any atom is -0.491 e. The predicted octanol–water partition coefficient (Wildman–Crippen LogP) is 5.59. The molecule has 21 heavy (non-hydrogen) atoms. The largest absolute Gasteiger partial charge is 0.491 e. The van der Waals surface area contributed by atoms with Crippen LogP contribution < -0.4 is 10.1 Å². The highest BCUT2D eigenvalue weighted by atomic mass is 35.5. The highest BCUT2D eigenvalue weighted by molar-refractivity contribution is 6.37. The van der Waals surface area contributed by atoms with Gasteiger partial charge in [-0.2, -0.15) is 0 Å². The summed E-state index contributed by atoms with van der Waals surface area (Å²) in [6.45, 7) is 3.31. The molecule has 1 N–H and O–H groups in total. The summed E-state index contributed by atoms with van der Waals surface area (Å²) in [4.78, 5) is 0. The number of benzene rings is 1. The molecule has 0 unspecified atom stereocenters. The van der Waals surface area contributed by atoms with Crippen molar-refractivity contribution in [3.8, 4) is 5.75 Å². The molecule has 2 rings (SSSR count). The molecule has 0 amide bonds. The number of hydrogen-bond acceptors (Lipinski definition) is 2. The first-order valence-corrected chi connectivity index (χ1v) is 8.80. The highest BCUT2D eigenvalue weighted by Crippen LogP contribution is 2.34. The van der Waals surface area contributed by atoms with E-state index < -0.39 is 0 Å². The second kappa shape index (κ2) is 8.87. The van der Waals surface area contributed by atoms with Gasteiger partial charge in [-0.3, -0.25) is 0 Å². The summed E-state index contributed by atoms with van der Waals surface area (Å²) >= 11 is 12.5. The Hall–Kier alpha value is -0.440. The van der Waals surface area contributed by atoms with Crippen LogP contribution in [0.1, 0.15) is 57.4 Å². The van der Waals surface area contributed by atoms with Gasteiger partial charge in [0.05, 0.1) is 16.7 Å². The van der Waals surface area contributed by atoms with Crippen LogP contribution in [0.25, 0.3) is 0 Å². The smallest absolute Gasteiger partial charge is 0.156 e. The molecule has 0 atom stereocenters. The van der Waals surface area contributed by atoms with E-state index in [1.165, 1.54) is 44.9 Å². The van der Waals surface area contributed by atoms with E-state index in [1.807, 2.05) is 19.1 Å². The van der Waals surface area contributed by atoms with Crippen LogP contribution in [0.3, 0.4) is 0 Å². The summed E-state index contributed by atoms with van der Waals surface area (Å²) in [5.74, 6) is 0.593. The molecule has 1 fully saturated rings. The van der Waals surface area contributed by atoms with Gasteiger partial charge in [-0.05, 0) is 37.5 Å². The lowest BCUT2D eigenvalue weighted by molar-refractivity contribution is 0.340. The molecule has 0 bridgehead atoms. The van der Waals surface area contributed by atoms with Crippen molar-refractivity contribution >= 4 is 23.2 Å². The average Bonchev–Trinajstić information content (AvgIpc) is 2.41. The van der Waals surface area contributed by atoms with Crippen molar-refractivity contribution in [1.82, 2.24) is 5.32 Å². The fraction of sp³-hybridized carbons (Fsp3) is 0.647. The molecule has 118 valence electrons. The first-order valence-electron chi connectivity index (χ1n) is 8.04. The zero-order valence-electron chi connectivity index (χ0n) is 12.8. The van der Waals surface area contributed by atoms with Crippen LogP contribution in [-0.4, -0.2) is 12.6 Å². The molecule has 0 spiro atoms. The van der Waals surface area contributed by atoms with E-state index in [-0.39, 0.29) is 0 Å². The lowest BCUT2D eigenvalue weighted by Crippen LogP contribution is -2.29. The molecule has 1 aromatic rings. The fourth-order valence-electron chi connectivity index (χ4n) is 2.92. The number of halogens is 2. The van der Waals surface area contributed by atoms with Crippen molar-refractivity contribution in [3.05, 3.63) is 27.7 Å². The van der Waals surface area contributed by atoms with Crippen molar-refractivity contribution in [2.75, 3.05) is 6.61 Å². The Balaban J connectivity index is 1.93. The molecule has 0 saturated heterocycles. The number of nitrogens with one attached hydrogen (secondary N) is 1. The summed E-state index contributed by atoms with van der Waals surface area (Å²) in [5, 5.41) is 4.85. The Morgan fingerprint density at radius 3 is 2.19 bits per heavy atom. The van der Waals surface area contributed by atoms with E-state index in [0.29, 0.717) is 28.4 Å². The zero-order chi connectivity index (χ0) is 15.1. The second-order valence-electron chi connectivity index (χ2n) is 5.74. The van der Waals surface area contributed by atoms with Crippen LogP contribution in [0.5, 0.6) is 5.75 Å². The van der Waals surface area contributed by atoms with Crippen molar-refractivity contribution in [2.45, 2.75) is 64.5 Å². The topological polar surface area (TPSA) is 21.3 Å². The van der Waals surface area contributed by atoms with Gasteiger partial charge in [-0.15, -0.1) is 0 Å². The Labute approximate surface area is 138 Å². The maximum atomic E-state index is 6.25. The third-order valence-corrected chi connectivity index (χ3v) is 4.61. The van der Waals surface area contributed by atoms with E-state index >= 15 is 0 Å². The van der Waals surface area contributed by atoms with E-state index in [9.17, 15) is 0 Å². The van der Waals surface area contributed by atoms with Gasteiger partial charge >= 0.3 is 0 Å². The monoisotopic (exact) mass is 329 g/mol. The lowest BCUT2D eigenvalue weighted by atomic mass is 9.96. The molecule has 0 aliphatic heterocycles.